The summed E-state index contributed by atoms with van der Waals surface area (Å²) in [7, 11) is 0. The molecule has 24 heavy (non-hydrogen) atoms. The van der Waals surface area contributed by atoms with Gasteiger partial charge in [0.15, 0.2) is 0 Å². The first-order valence-corrected chi connectivity index (χ1v) is 7.65. The van der Waals surface area contributed by atoms with Gasteiger partial charge in [-0.1, -0.05) is 25.9 Å². The Morgan fingerprint density at radius 2 is 2.08 bits per heavy atom. The van der Waals surface area contributed by atoms with Crippen LogP contribution in [0.4, 0.5) is 13.2 Å². The second-order valence-electron chi connectivity index (χ2n) is 6.77. The van der Waals surface area contributed by atoms with E-state index in [9.17, 15) is 13.2 Å². The average Bonchev–Trinajstić information content (AvgIpc) is 2.90. The first kappa shape index (κ1) is 17.4. The van der Waals surface area contributed by atoms with Gasteiger partial charge in [0.2, 0.25) is 5.89 Å². The maximum atomic E-state index is 11.9. The lowest BCUT2D eigenvalue weighted by atomic mass is 9.68. The molecule has 0 amide bonds. The summed E-state index contributed by atoms with van der Waals surface area (Å²) >= 11 is 0. The standard InChI is InChI=1S/C14H23F3N4O3/c1-12(2,3)13(5-4-9(18)8-19-13)10-20-21-11(24-10)22-6-7-23-14(15,16)17/h9,19H,4-8,18H2,1-3H3/t9-,13-/m0/s1/i/hD. The number of alkyl halides is 3. The highest BCUT2D eigenvalue weighted by molar-refractivity contribution is 5.12. The lowest BCUT2D eigenvalue weighted by Crippen LogP contribution is -2.59. The highest BCUT2D eigenvalue weighted by atomic mass is 19.4. The molecule has 138 valence electrons. The van der Waals surface area contributed by atoms with Crippen molar-refractivity contribution in [3.8, 4) is 6.08 Å². The van der Waals surface area contributed by atoms with Gasteiger partial charge >= 0.3 is 12.4 Å². The summed E-state index contributed by atoms with van der Waals surface area (Å²) in [6, 6.07) is -0.119. The number of nitrogens with zero attached hydrogens (tertiary/aromatic N) is 2. The number of piperidine rings is 1. The number of nitrogens with one attached hydrogen (secondary N) is 1. The summed E-state index contributed by atoms with van der Waals surface area (Å²) in [5, 5.41) is 9.05. The van der Waals surface area contributed by atoms with E-state index in [1.165, 1.54) is 5.31 Å². The van der Waals surface area contributed by atoms with Crippen molar-refractivity contribution in [3.05, 3.63) is 5.89 Å². The number of hydrogen-bond acceptors (Lipinski definition) is 7. The van der Waals surface area contributed by atoms with E-state index in [0.717, 1.165) is 0 Å². The Morgan fingerprint density at radius 1 is 1.38 bits per heavy atom. The molecule has 2 heterocycles. The van der Waals surface area contributed by atoms with Crippen LogP contribution in [0.3, 0.4) is 0 Å². The normalized spacial score (nSPS) is 27.1. The Morgan fingerprint density at radius 3 is 2.67 bits per heavy atom. The van der Waals surface area contributed by atoms with E-state index in [4.69, 9.17) is 16.3 Å². The number of nitrogens with two attached hydrogens (primary N) is 1. The van der Waals surface area contributed by atoms with Gasteiger partial charge in [-0.2, -0.15) is 0 Å². The molecule has 0 radical (unpaired) electrons. The van der Waals surface area contributed by atoms with Crippen LogP contribution in [0.5, 0.6) is 6.08 Å². The number of halogens is 3. The maximum Gasteiger partial charge on any atom is 0.522 e. The number of aromatic nitrogens is 2. The van der Waals surface area contributed by atoms with Gasteiger partial charge in [0.05, 0.1) is 6.61 Å². The molecule has 7 nitrogen and oxygen atoms in total. The highest BCUT2D eigenvalue weighted by Crippen LogP contribution is 2.44. The van der Waals surface area contributed by atoms with Crippen LogP contribution >= 0.6 is 0 Å². The van der Waals surface area contributed by atoms with E-state index in [1.807, 2.05) is 20.8 Å². The lowest BCUT2D eigenvalue weighted by molar-refractivity contribution is -0.325. The molecule has 1 fully saturated rings. The zero-order chi connectivity index (χ0) is 18.9. The Bertz CT molecular complexity index is 578. The summed E-state index contributed by atoms with van der Waals surface area (Å²) in [6.45, 7) is 5.12. The molecule has 1 aromatic heterocycles. The van der Waals surface area contributed by atoms with Gasteiger partial charge < -0.3 is 20.2 Å². The van der Waals surface area contributed by atoms with E-state index in [-0.39, 0.29) is 24.6 Å². The van der Waals surface area contributed by atoms with Crippen LogP contribution in [0.1, 0.15) is 39.5 Å². The maximum absolute atomic E-state index is 11.9. The van der Waals surface area contributed by atoms with Crippen LogP contribution in [-0.4, -0.2) is 42.4 Å². The van der Waals surface area contributed by atoms with Gasteiger partial charge in [-0.15, -0.1) is 18.3 Å². The van der Waals surface area contributed by atoms with Crippen LogP contribution in [0, 0.1) is 5.41 Å². The second kappa shape index (κ2) is 6.85. The van der Waals surface area contributed by atoms with Gasteiger partial charge in [0.1, 0.15) is 13.6 Å². The first-order chi connectivity index (χ1) is 11.5. The van der Waals surface area contributed by atoms with Crippen molar-refractivity contribution in [2.45, 2.75) is 51.6 Å². The smallest absolute Gasteiger partial charge is 0.447 e. The van der Waals surface area contributed by atoms with Gasteiger partial charge in [-0.05, 0) is 18.3 Å². The van der Waals surface area contributed by atoms with Crippen LogP contribution in [0.25, 0.3) is 0 Å². The second-order valence-corrected chi connectivity index (χ2v) is 6.77. The number of hydrogen-bond donors (Lipinski definition) is 2. The minimum Gasteiger partial charge on any atom is -0.447 e. The molecular formula is C14H23F3N4O3. The molecule has 2 atom stereocenters. The third kappa shape index (κ3) is 4.37. The molecule has 0 saturated carbocycles. The van der Waals surface area contributed by atoms with Gasteiger partial charge in [0.25, 0.3) is 0 Å². The van der Waals surface area contributed by atoms with Crippen molar-refractivity contribution in [1.29, 1.82) is 0 Å². The molecule has 0 unspecified atom stereocenters. The largest absolute Gasteiger partial charge is 0.522 e. The molecule has 0 aliphatic carbocycles. The fraction of sp³-hybridized carbons (Fsp3) is 0.857. The number of ether oxygens (including phenoxy) is 2. The van der Waals surface area contributed by atoms with E-state index < -0.39 is 23.9 Å². The first-order valence-electron chi connectivity index (χ1n) is 8.10. The lowest BCUT2D eigenvalue weighted by Gasteiger charge is -2.46. The van der Waals surface area contributed by atoms with Gasteiger partial charge in [-0.25, -0.2) is 0 Å². The van der Waals surface area contributed by atoms with E-state index in [2.05, 4.69) is 14.9 Å². The monoisotopic (exact) mass is 353 g/mol. The Labute approximate surface area is 139 Å². The van der Waals surface area contributed by atoms with E-state index in [0.29, 0.717) is 19.4 Å². The fourth-order valence-electron chi connectivity index (χ4n) is 2.67. The van der Waals surface area contributed by atoms with Crippen molar-refractivity contribution >= 4 is 0 Å². The molecule has 1 aliphatic heterocycles. The van der Waals surface area contributed by atoms with Crippen molar-refractivity contribution in [2.24, 2.45) is 11.1 Å². The van der Waals surface area contributed by atoms with Crippen molar-refractivity contribution in [2.75, 3.05) is 19.8 Å². The molecular weight excluding hydrogens is 329 g/mol. The molecule has 1 saturated heterocycles. The summed E-state index contributed by atoms with van der Waals surface area (Å²) in [5.74, 6) is 0.189. The summed E-state index contributed by atoms with van der Waals surface area (Å²) < 4.78 is 58.3. The SMILES string of the molecule is [2H]N1C[C@@H](N)CC[C@]1(c1nnc(OCCOC(F)(F)F)o1)C(C)(C)C. The molecule has 1 aliphatic rings. The van der Waals surface area contributed by atoms with Crippen molar-refractivity contribution in [1.82, 2.24) is 15.5 Å². The van der Waals surface area contributed by atoms with Crippen LogP contribution in [0.15, 0.2) is 4.42 Å². The minimum absolute atomic E-state index is 0.119. The predicted molar refractivity (Wildman–Crippen MR) is 78.1 cm³/mol. The van der Waals surface area contributed by atoms with Crippen LogP contribution in [-0.2, 0) is 10.3 Å². The highest BCUT2D eigenvalue weighted by Gasteiger charge is 2.49. The molecule has 0 bridgehead atoms. The van der Waals surface area contributed by atoms with E-state index >= 15 is 0 Å². The summed E-state index contributed by atoms with van der Waals surface area (Å²) in [6.07, 6.45) is -3.75. The third-order valence-corrected chi connectivity index (χ3v) is 4.05. The van der Waals surface area contributed by atoms with Crippen molar-refractivity contribution in [3.63, 3.8) is 0 Å². The third-order valence-electron chi connectivity index (χ3n) is 4.05. The minimum atomic E-state index is -4.72. The Balaban J connectivity index is 2.11. The van der Waals surface area contributed by atoms with E-state index in [1.54, 1.807) is 0 Å². The molecule has 2 rings (SSSR count). The topological polar surface area (TPSA) is 95.4 Å². The van der Waals surface area contributed by atoms with Crippen molar-refractivity contribution < 1.29 is 28.5 Å². The van der Waals surface area contributed by atoms with Gasteiger partial charge in [0, 0.05) is 12.6 Å². The predicted octanol–water partition coefficient (Wildman–Crippen LogP) is 1.94. The molecule has 10 heteroatoms. The molecule has 1 aromatic rings. The fourth-order valence-corrected chi connectivity index (χ4v) is 2.67. The zero-order valence-electron chi connectivity index (χ0n) is 14.9. The summed E-state index contributed by atoms with van der Waals surface area (Å²) in [5.41, 5.74) is 4.65. The molecule has 3 N–H and O–H groups in total. The quantitative estimate of drug-likeness (QED) is 0.781. The molecule has 0 spiro atoms. The zero-order valence-corrected chi connectivity index (χ0v) is 13.9. The summed E-state index contributed by atoms with van der Waals surface area (Å²) in [4.78, 5) is 0. The average molecular weight is 353 g/mol. The van der Waals surface area contributed by atoms with Gasteiger partial charge in [-0.3, -0.25) is 4.74 Å². The molecule has 0 aromatic carbocycles. The van der Waals surface area contributed by atoms with Crippen LogP contribution < -0.4 is 15.8 Å². The van der Waals surface area contributed by atoms with Crippen LogP contribution in [0.2, 0.25) is 1.41 Å². The number of rotatable bonds is 5. The Hall–Kier alpha value is -1.39. The Kier molecular flexibility index (Phi) is 4.97.